The molecule has 0 radical (unpaired) electrons. The van der Waals surface area contributed by atoms with E-state index in [2.05, 4.69) is 15.6 Å². The summed E-state index contributed by atoms with van der Waals surface area (Å²) < 4.78 is 4.92. The predicted octanol–water partition coefficient (Wildman–Crippen LogP) is 0.388. The average Bonchev–Trinajstić information content (AvgIpc) is 2.38. The highest BCUT2D eigenvalue weighted by Gasteiger charge is 2.14. The van der Waals surface area contributed by atoms with Gasteiger partial charge in [0.25, 0.3) is 0 Å². The first-order chi connectivity index (χ1) is 9.08. The number of aromatic nitrogens is 1. The van der Waals surface area contributed by atoms with Gasteiger partial charge in [-0.3, -0.25) is 4.79 Å². The van der Waals surface area contributed by atoms with Gasteiger partial charge in [0.05, 0.1) is 30.6 Å². The Hall–Kier alpha value is -2.31. The molecule has 0 aliphatic heterocycles. The van der Waals surface area contributed by atoms with Crippen LogP contribution in [0.25, 0.3) is 0 Å². The van der Waals surface area contributed by atoms with Gasteiger partial charge in [0.2, 0.25) is 5.91 Å². The minimum Gasteiger partial charge on any atom is -0.462 e. The Bertz CT molecular complexity index is 462. The molecule has 1 rings (SSSR count). The first-order valence-corrected chi connectivity index (χ1v) is 6.01. The number of nitrogens with one attached hydrogen (secondary N) is 2. The van der Waals surface area contributed by atoms with Crippen molar-refractivity contribution >= 4 is 23.4 Å². The highest BCUT2D eigenvalue weighted by atomic mass is 16.5. The van der Waals surface area contributed by atoms with Gasteiger partial charge in [-0.2, -0.15) is 0 Å². The van der Waals surface area contributed by atoms with Crippen molar-refractivity contribution in [2.75, 3.05) is 30.7 Å². The molecule has 0 unspecified atom stereocenters. The number of anilines is 2. The molecular weight excluding hydrogens is 248 g/mol. The average molecular weight is 266 g/mol. The SMILES string of the molecule is CCNC(=O)CNc1cnc(N)cc1C(=O)OCC. The summed E-state index contributed by atoms with van der Waals surface area (Å²) in [7, 11) is 0. The van der Waals surface area contributed by atoms with Crippen LogP contribution in [-0.2, 0) is 9.53 Å². The monoisotopic (exact) mass is 266 g/mol. The van der Waals surface area contributed by atoms with E-state index in [1.807, 2.05) is 6.92 Å². The second-order valence-corrected chi connectivity index (χ2v) is 3.68. The zero-order valence-corrected chi connectivity index (χ0v) is 11.0. The molecule has 0 saturated carbocycles. The van der Waals surface area contributed by atoms with Gasteiger partial charge in [0.1, 0.15) is 5.82 Å². The lowest BCUT2D eigenvalue weighted by atomic mass is 10.2. The molecule has 0 bridgehead atoms. The highest BCUT2D eigenvalue weighted by Crippen LogP contribution is 2.17. The van der Waals surface area contributed by atoms with E-state index in [1.54, 1.807) is 6.92 Å². The molecule has 1 amide bonds. The maximum Gasteiger partial charge on any atom is 0.340 e. The molecule has 4 N–H and O–H groups in total. The van der Waals surface area contributed by atoms with E-state index in [0.29, 0.717) is 12.2 Å². The molecule has 104 valence electrons. The maximum atomic E-state index is 11.7. The fraction of sp³-hybridized carbons (Fsp3) is 0.417. The highest BCUT2D eigenvalue weighted by molar-refractivity contribution is 5.96. The summed E-state index contributed by atoms with van der Waals surface area (Å²) in [4.78, 5) is 27.0. The topological polar surface area (TPSA) is 106 Å². The van der Waals surface area contributed by atoms with Crippen molar-refractivity contribution < 1.29 is 14.3 Å². The van der Waals surface area contributed by atoms with Gasteiger partial charge in [-0.1, -0.05) is 0 Å². The lowest BCUT2D eigenvalue weighted by molar-refractivity contribution is -0.119. The van der Waals surface area contributed by atoms with Crippen molar-refractivity contribution in [2.24, 2.45) is 0 Å². The number of ether oxygens (including phenoxy) is 1. The van der Waals surface area contributed by atoms with Crippen LogP contribution in [0.1, 0.15) is 24.2 Å². The third-order valence-electron chi connectivity index (χ3n) is 2.23. The second kappa shape index (κ2) is 7.20. The summed E-state index contributed by atoms with van der Waals surface area (Å²) >= 11 is 0. The number of nitrogens with zero attached hydrogens (tertiary/aromatic N) is 1. The van der Waals surface area contributed by atoms with Crippen LogP contribution < -0.4 is 16.4 Å². The number of rotatable bonds is 6. The molecule has 0 aromatic carbocycles. The van der Waals surface area contributed by atoms with Gasteiger partial charge < -0.3 is 21.1 Å². The van der Waals surface area contributed by atoms with Crippen molar-refractivity contribution in [3.8, 4) is 0 Å². The first kappa shape index (κ1) is 14.7. The zero-order valence-electron chi connectivity index (χ0n) is 11.0. The van der Waals surface area contributed by atoms with E-state index in [0.717, 1.165) is 0 Å². The number of carbonyl (C=O) groups excluding carboxylic acids is 2. The number of pyridine rings is 1. The van der Waals surface area contributed by atoms with Crippen molar-refractivity contribution in [3.05, 3.63) is 17.8 Å². The fourth-order valence-electron chi connectivity index (χ4n) is 1.43. The molecular formula is C12H18N4O3. The molecule has 0 atom stereocenters. The molecule has 1 heterocycles. The van der Waals surface area contributed by atoms with E-state index >= 15 is 0 Å². The minimum atomic E-state index is -0.505. The summed E-state index contributed by atoms with van der Waals surface area (Å²) in [5, 5.41) is 5.47. The van der Waals surface area contributed by atoms with Crippen LogP contribution in [0, 0.1) is 0 Å². The Labute approximate surface area is 111 Å². The number of likely N-dealkylation sites (N-methyl/N-ethyl adjacent to an activating group) is 1. The van der Waals surface area contributed by atoms with Crippen LogP contribution in [0.4, 0.5) is 11.5 Å². The number of nitrogen functional groups attached to an aromatic ring is 1. The third kappa shape index (κ3) is 4.46. The smallest absolute Gasteiger partial charge is 0.340 e. The summed E-state index contributed by atoms with van der Waals surface area (Å²) in [5.41, 5.74) is 6.22. The summed E-state index contributed by atoms with van der Waals surface area (Å²) in [6.45, 7) is 4.39. The maximum absolute atomic E-state index is 11.7. The zero-order chi connectivity index (χ0) is 14.3. The lowest BCUT2D eigenvalue weighted by Crippen LogP contribution is -2.30. The molecule has 1 aromatic rings. The molecule has 7 nitrogen and oxygen atoms in total. The Morgan fingerprint density at radius 1 is 1.42 bits per heavy atom. The Balaban J connectivity index is 2.82. The normalized spacial score (nSPS) is 9.79. The molecule has 0 spiro atoms. The van der Waals surface area contributed by atoms with Crippen LogP contribution >= 0.6 is 0 Å². The standard InChI is InChI=1S/C12H18N4O3/c1-3-14-11(17)7-15-9-6-16-10(13)5-8(9)12(18)19-4-2/h5-6,15H,3-4,7H2,1-2H3,(H2,13,16)(H,14,17). The Morgan fingerprint density at radius 2 is 2.16 bits per heavy atom. The van der Waals surface area contributed by atoms with E-state index in [9.17, 15) is 9.59 Å². The largest absolute Gasteiger partial charge is 0.462 e. The van der Waals surface area contributed by atoms with Gasteiger partial charge in [-0.05, 0) is 19.9 Å². The van der Waals surface area contributed by atoms with E-state index in [1.165, 1.54) is 12.3 Å². The third-order valence-corrected chi connectivity index (χ3v) is 2.23. The predicted molar refractivity (Wildman–Crippen MR) is 71.8 cm³/mol. The van der Waals surface area contributed by atoms with E-state index < -0.39 is 5.97 Å². The quantitative estimate of drug-likeness (QED) is 0.643. The number of nitrogens with two attached hydrogens (primary N) is 1. The minimum absolute atomic E-state index is 0.0475. The van der Waals surface area contributed by atoms with Crippen LogP contribution in [-0.4, -0.2) is 36.6 Å². The summed E-state index contributed by atoms with van der Waals surface area (Å²) in [6, 6.07) is 1.41. The fourth-order valence-corrected chi connectivity index (χ4v) is 1.43. The van der Waals surface area contributed by atoms with Crippen molar-refractivity contribution in [2.45, 2.75) is 13.8 Å². The van der Waals surface area contributed by atoms with Crippen LogP contribution in [0.15, 0.2) is 12.3 Å². The van der Waals surface area contributed by atoms with Crippen LogP contribution in [0.5, 0.6) is 0 Å². The van der Waals surface area contributed by atoms with Gasteiger partial charge in [0, 0.05) is 6.54 Å². The number of hydrogen-bond donors (Lipinski definition) is 3. The number of hydrogen-bond acceptors (Lipinski definition) is 6. The molecule has 1 aromatic heterocycles. The number of amides is 1. The van der Waals surface area contributed by atoms with Crippen molar-refractivity contribution in [1.29, 1.82) is 0 Å². The number of esters is 1. The van der Waals surface area contributed by atoms with E-state index in [4.69, 9.17) is 10.5 Å². The van der Waals surface area contributed by atoms with Gasteiger partial charge in [-0.25, -0.2) is 9.78 Å². The summed E-state index contributed by atoms with van der Waals surface area (Å²) in [5.74, 6) is -0.462. The van der Waals surface area contributed by atoms with Crippen LogP contribution in [0.2, 0.25) is 0 Å². The molecule has 0 saturated heterocycles. The van der Waals surface area contributed by atoms with Crippen LogP contribution in [0.3, 0.4) is 0 Å². The van der Waals surface area contributed by atoms with E-state index in [-0.39, 0.29) is 30.4 Å². The molecule has 19 heavy (non-hydrogen) atoms. The summed E-state index contributed by atoms with van der Waals surface area (Å²) in [6.07, 6.45) is 1.40. The molecule has 0 aliphatic rings. The van der Waals surface area contributed by atoms with Gasteiger partial charge >= 0.3 is 5.97 Å². The molecule has 0 aliphatic carbocycles. The van der Waals surface area contributed by atoms with Crippen molar-refractivity contribution in [1.82, 2.24) is 10.3 Å². The first-order valence-electron chi connectivity index (χ1n) is 6.01. The number of carbonyl (C=O) groups is 2. The Kier molecular flexibility index (Phi) is 5.59. The lowest BCUT2D eigenvalue weighted by Gasteiger charge is -2.11. The Morgan fingerprint density at radius 3 is 2.79 bits per heavy atom. The molecule has 0 fully saturated rings. The second-order valence-electron chi connectivity index (χ2n) is 3.68. The van der Waals surface area contributed by atoms with Gasteiger partial charge in [-0.15, -0.1) is 0 Å². The van der Waals surface area contributed by atoms with Crippen molar-refractivity contribution in [3.63, 3.8) is 0 Å². The van der Waals surface area contributed by atoms with Gasteiger partial charge in [0.15, 0.2) is 0 Å². The molecule has 7 heteroatoms.